The molecular weight excluding hydrogens is 244 g/mol. The van der Waals surface area contributed by atoms with Crippen LogP contribution in [0.4, 0.5) is 0 Å². The number of imidazole rings is 1. The minimum atomic E-state index is 0.801. The first kappa shape index (κ1) is 11.9. The third-order valence-corrected chi connectivity index (χ3v) is 3.99. The van der Waals surface area contributed by atoms with Crippen molar-refractivity contribution in [1.29, 1.82) is 0 Å². The Balaban J connectivity index is 1.77. The quantitative estimate of drug-likeness (QED) is 0.864. The monoisotopic (exact) mass is 262 g/mol. The van der Waals surface area contributed by atoms with Crippen LogP contribution in [0.15, 0.2) is 18.5 Å². The molecule has 1 aliphatic rings. The average Bonchev–Trinajstić information content (AvgIpc) is 2.73. The Morgan fingerprint density at radius 2 is 2.06 bits per heavy atom. The van der Waals surface area contributed by atoms with Crippen LogP contribution in [0.2, 0.25) is 0 Å². The standard InChI is InChI=1S/C13H18N4S/c18-13-15-11-10-14-5-4-12(11)17(13)9-8-16-6-2-1-3-7-16/h4-5,10H,1-3,6-9H2,(H,15,18). The number of likely N-dealkylation sites (tertiary alicyclic amines) is 1. The summed E-state index contributed by atoms with van der Waals surface area (Å²) in [6, 6.07) is 2.03. The molecule has 5 heteroatoms. The van der Waals surface area contributed by atoms with E-state index in [0.29, 0.717) is 0 Å². The normalized spacial score (nSPS) is 17.3. The second kappa shape index (κ2) is 5.20. The number of H-pyrrole nitrogens is 1. The van der Waals surface area contributed by atoms with Gasteiger partial charge < -0.3 is 14.5 Å². The van der Waals surface area contributed by atoms with Crippen LogP contribution in [-0.2, 0) is 6.54 Å². The highest BCUT2D eigenvalue weighted by molar-refractivity contribution is 7.71. The maximum Gasteiger partial charge on any atom is 0.178 e. The average molecular weight is 262 g/mol. The molecule has 0 unspecified atom stereocenters. The van der Waals surface area contributed by atoms with E-state index >= 15 is 0 Å². The number of hydrogen-bond donors (Lipinski definition) is 1. The van der Waals surface area contributed by atoms with Crippen molar-refractivity contribution in [3.63, 3.8) is 0 Å². The lowest BCUT2D eigenvalue weighted by Crippen LogP contribution is -2.32. The molecule has 4 nitrogen and oxygen atoms in total. The molecule has 0 aliphatic carbocycles. The molecule has 3 rings (SSSR count). The molecule has 0 spiro atoms. The van der Waals surface area contributed by atoms with Gasteiger partial charge >= 0.3 is 0 Å². The second-order valence-corrected chi connectivity index (χ2v) is 5.26. The maximum atomic E-state index is 5.38. The Morgan fingerprint density at radius 3 is 2.89 bits per heavy atom. The van der Waals surface area contributed by atoms with Crippen molar-refractivity contribution in [2.24, 2.45) is 0 Å². The van der Waals surface area contributed by atoms with E-state index in [0.717, 1.165) is 28.9 Å². The molecule has 0 amide bonds. The zero-order valence-electron chi connectivity index (χ0n) is 10.4. The number of piperidine rings is 1. The largest absolute Gasteiger partial charge is 0.329 e. The Labute approximate surface area is 112 Å². The van der Waals surface area contributed by atoms with Gasteiger partial charge in [0.25, 0.3) is 0 Å². The zero-order chi connectivity index (χ0) is 12.4. The number of fused-ring (bicyclic) bond motifs is 1. The van der Waals surface area contributed by atoms with E-state index in [4.69, 9.17) is 12.2 Å². The number of nitrogens with zero attached hydrogens (tertiary/aromatic N) is 3. The highest BCUT2D eigenvalue weighted by atomic mass is 32.1. The van der Waals surface area contributed by atoms with Gasteiger partial charge in [-0.2, -0.15) is 0 Å². The SMILES string of the molecule is S=c1[nH]c2cnccc2n1CCN1CCCCC1. The van der Waals surface area contributed by atoms with Crippen LogP contribution in [0.3, 0.4) is 0 Å². The van der Waals surface area contributed by atoms with Crippen molar-refractivity contribution in [2.45, 2.75) is 25.8 Å². The van der Waals surface area contributed by atoms with Gasteiger partial charge in [0.15, 0.2) is 4.77 Å². The van der Waals surface area contributed by atoms with E-state index in [1.54, 1.807) is 0 Å². The molecule has 0 atom stereocenters. The topological polar surface area (TPSA) is 36.9 Å². The molecule has 1 N–H and O–H groups in total. The summed E-state index contributed by atoms with van der Waals surface area (Å²) in [7, 11) is 0. The van der Waals surface area contributed by atoms with Crippen LogP contribution in [0.5, 0.6) is 0 Å². The lowest BCUT2D eigenvalue weighted by molar-refractivity contribution is 0.221. The summed E-state index contributed by atoms with van der Waals surface area (Å²) >= 11 is 5.38. The first-order valence-corrected chi connectivity index (χ1v) is 7.00. The fraction of sp³-hybridized carbons (Fsp3) is 0.538. The van der Waals surface area contributed by atoms with E-state index in [9.17, 15) is 0 Å². The van der Waals surface area contributed by atoms with Crippen LogP contribution in [0, 0.1) is 4.77 Å². The summed E-state index contributed by atoms with van der Waals surface area (Å²) < 4.78 is 2.98. The Hall–Kier alpha value is -1.20. The summed E-state index contributed by atoms with van der Waals surface area (Å²) in [6.45, 7) is 4.51. The van der Waals surface area contributed by atoms with Gasteiger partial charge in [-0.15, -0.1) is 0 Å². The van der Waals surface area contributed by atoms with Crippen molar-refractivity contribution in [3.05, 3.63) is 23.2 Å². The second-order valence-electron chi connectivity index (χ2n) is 4.88. The maximum absolute atomic E-state index is 5.38. The number of aromatic amines is 1. The van der Waals surface area contributed by atoms with Gasteiger partial charge in [0, 0.05) is 19.3 Å². The minimum Gasteiger partial charge on any atom is -0.329 e. The fourth-order valence-electron chi connectivity index (χ4n) is 2.66. The lowest BCUT2D eigenvalue weighted by atomic mass is 10.1. The summed E-state index contributed by atoms with van der Waals surface area (Å²) in [5, 5.41) is 0. The molecule has 2 aromatic rings. The van der Waals surface area contributed by atoms with Crippen LogP contribution < -0.4 is 0 Å². The molecule has 2 aromatic heterocycles. The van der Waals surface area contributed by atoms with Gasteiger partial charge in [0.1, 0.15) is 0 Å². The molecule has 1 fully saturated rings. The molecule has 96 valence electrons. The molecular formula is C13H18N4S. The van der Waals surface area contributed by atoms with E-state index in [-0.39, 0.29) is 0 Å². The molecule has 1 aliphatic heterocycles. The Kier molecular flexibility index (Phi) is 3.43. The highest BCUT2D eigenvalue weighted by Crippen LogP contribution is 2.13. The first-order valence-electron chi connectivity index (χ1n) is 6.59. The van der Waals surface area contributed by atoms with Gasteiger partial charge in [-0.05, 0) is 44.2 Å². The lowest BCUT2D eigenvalue weighted by Gasteiger charge is -2.26. The third-order valence-electron chi connectivity index (χ3n) is 3.66. The van der Waals surface area contributed by atoms with Crippen LogP contribution >= 0.6 is 12.2 Å². The van der Waals surface area contributed by atoms with Gasteiger partial charge in [-0.3, -0.25) is 4.98 Å². The summed E-state index contributed by atoms with van der Waals surface area (Å²) in [6.07, 6.45) is 7.71. The summed E-state index contributed by atoms with van der Waals surface area (Å²) in [4.78, 5) is 9.86. The zero-order valence-corrected chi connectivity index (χ0v) is 11.2. The fourth-order valence-corrected chi connectivity index (χ4v) is 2.96. The number of aromatic nitrogens is 3. The van der Waals surface area contributed by atoms with Crippen LogP contribution in [-0.4, -0.2) is 39.1 Å². The smallest absolute Gasteiger partial charge is 0.178 e. The molecule has 0 saturated carbocycles. The van der Waals surface area contributed by atoms with Crippen molar-refractivity contribution in [1.82, 2.24) is 19.4 Å². The summed E-state index contributed by atoms with van der Waals surface area (Å²) in [5.74, 6) is 0. The van der Waals surface area contributed by atoms with Crippen molar-refractivity contribution >= 4 is 23.3 Å². The van der Waals surface area contributed by atoms with E-state index in [1.807, 2.05) is 18.5 Å². The third kappa shape index (κ3) is 2.33. The molecule has 3 heterocycles. The molecule has 1 saturated heterocycles. The predicted octanol–water partition coefficient (Wildman–Crippen LogP) is 2.58. The van der Waals surface area contributed by atoms with Gasteiger partial charge in [0.2, 0.25) is 0 Å². The number of pyridine rings is 1. The van der Waals surface area contributed by atoms with Crippen molar-refractivity contribution in [3.8, 4) is 0 Å². The Morgan fingerprint density at radius 1 is 1.22 bits per heavy atom. The van der Waals surface area contributed by atoms with E-state index in [1.165, 1.54) is 32.4 Å². The van der Waals surface area contributed by atoms with Gasteiger partial charge in [-0.1, -0.05) is 6.42 Å². The van der Waals surface area contributed by atoms with Crippen LogP contribution in [0.1, 0.15) is 19.3 Å². The predicted molar refractivity (Wildman–Crippen MR) is 75.2 cm³/mol. The first-order chi connectivity index (χ1) is 8.84. The summed E-state index contributed by atoms with van der Waals surface area (Å²) in [5.41, 5.74) is 2.19. The number of nitrogens with one attached hydrogen (secondary N) is 1. The Bertz CT molecular complexity index is 580. The molecule has 0 aromatic carbocycles. The van der Waals surface area contributed by atoms with Crippen molar-refractivity contribution in [2.75, 3.05) is 19.6 Å². The number of hydrogen-bond acceptors (Lipinski definition) is 3. The van der Waals surface area contributed by atoms with Crippen LogP contribution in [0.25, 0.3) is 11.0 Å². The minimum absolute atomic E-state index is 0.801. The van der Waals surface area contributed by atoms with E-state index < -0.39 is 0 Å². The van der Waals surface area contributed by atoms with Gasteiger partial charge in [-0.25, -0.2) is 0 Å². The molecule has 18 heavy (non-hydrogen) atoms. The van der Waals surface area contributed by atoms with E-state index in [2.05, 4.69) is 19.4 Å². The van der Waals surface area contributed by atoms with Crippen molar-refractivity contribution < 1.29 is 0 Å². The number of rotatable bonds is 3. The highest BCUT2D eigenvalue weighted by Gasteiger charge is 2.11. The molecule has 0 bridgehead atoms. The molecule has 0 radical (unpaired) electrons. The van der Waals surface area contributed by atoms with Gasteiger partial charge in [0.05, 0.1) is 17.2 Å².